The Kier molecular flexibility index (Phi) is 7.76. The second-order valence-electron chi connectivity index (χ2n) is 9.54. The van der Waals surface area contributed by atoms with Crippen LogP contribution in [0.4, 0.5) is 16.3 Å². The minimum absolute atomic E-state index is 0.0852. The highest BCUT2D eigenvalue weighted by Crippen LogP contribution is 2.32. The lowest BCUT2D eigenvalue weighted by Crippen LogP contribution is -2.40. The second kappa shape index (κ2) is 11.4. The van der Waals surface area contributed by atoms with E-state index in [4.69, 9.17) is 15.2 Å². The number of aliphatic hydroxyl groups is 3. The number of nitrogen functional groups attached to an aromatic ring is 1. The topological polar surface area (TPSA) is 212 Å². The Balaban J connectivity index is 1.18. The zero-order chi connectivity index (χ0) is 28.4. The van der Waals surface area contributed by atoms with E-state index in [0.717, 1.165) is 0 Å². The maximum absolute atomic E-state index is 12.5. The minimum Gasteiger partial charge on any atom is -0.410 e. The van der Waals surface area contributed by atoms with E-state index in [0.29, 0.717) is 32.4 Å². The molecule has 0 aliphatic carbocycles. The Morgan fingerprint density at radius 3 is 2.58 bits per heavy atom. The maximum Gasteiger partial charge on any atom is 0.415 e. The Bertz CT molecular complexity index is 1460. The van der Waals surface area contributed by atoms with Gasteiger partial charge in [-0.1, -0.05) is 5.92 Å². The van der Waals surface area contributed by atoms with Gasteiger partial charge in [-0.05, 0) is 36.8 Å². The fourth-order valence-corrected chi connectivity index (χ4v) is 4.69. The van der Waals surface area contributed by atoms with Crippen molar-refractivity contribution in [1.82, 2.24) is 24.4 Å². The standard InChI is InChI=1S/C25H27N7O8/c26-22-19-23(31(13-27-19)24-21(35)20(34)17(12-33)40-24)29-18(28-22)3-1-2-14-8-10-30(11-9-14)25(36)39-16-6-4-15(5-7-16)32(37)38/h4-7,13-14,17,20-21,24,33-35H,2,8-12H2,(H2,26,28,29)/t17-,20?,21?,24-/m1/s1. The maximum atomic E-state index is 12.5. The molecule has 2 aliphatic heterocycles. The van der Waals surface area contributed by atoms with Crippen molar-refractivity contribution >= 4 is 28.8 Å². The molecular formula is C25H27N7O8. The molecule has 40 heavy (non-hydrogen) atoms. The summed E-state index contributed by atoms with van der Waals surface area (Å²) in [5.74, 6) is 6.71. The summed E-state index contributed by atoms with van der Waals surface area (Å²) in [5.41, 5.74) is 6.52. The van der Waals surface area contributed by atoms with Crippen molar-refractivity contribution in [3.05, 3.63) is 46.5 Å². The van der Waals surface area contributed by atoms with Crippen LogP contribution in [-0.4, -0.2) is 88.8 Å². The smallest absolute Gasteiger partial charge is 0.410 e. The molecule has 5 rings (SSSR count). The molecule has 0 bridgehead atoms. The molecule has 2 aliphatic rings. The monoisotopic (exact) mass is 553 g/mol. The van der Waals surface area contributed by atoms with Crippen LogP contribution in [0.2, 0.25) is 0 Å². The number of anilines is 1. The number of nitrogens with zero attached hydrogens (tertiary/aromatic N) is 6. The Morgan fingerprint density at radius 1 is 1.20 bits per heavy atom. The molecule has 2 fully saturated rings. The van der Waals surface area contributed by atoms with Crippen molar-refractivity contribution in [2.24, 2.45) is 5.92 Å². The van der Waals surface area contributed by atoms with Gasteiger partial charge in [-0.15, -0.1) is 0 Å². The Morgan fingerprint density at radius 2 is 1.93 bits per heavy atom. The van der Waals surface area contributed by atoms with Crippen LogP contribution in [0, 0.1) is 27.9 Å². The van der Waals surface area contributed by atoms with Gasteiger partial charge < -0.3 is 35.4 Å². The molecule has 4 heterocycles. The number of imidazole rings is 1. The fourth-order valence-electron chi connectivity index (χ4n) is 4.69. The molecule has 2 aromatic heterocycles. The molecule has 1 aromatic carbocycles. The highest BCUT2D eigenvalue weighted by atomic mass is 16.6. The molecule has 4 atom stereocenters. The number of nitrogens with two attached hydrogens (primary N) is 1. The zero-order valence-corrected chi connectivity index (χ0v) is 21.2. The summed E-state index contributed by atoms with van der Waals surface area (Å²) in [4.78, 5) is 37.1. The van der Waals surface area contributed by atoms with Crippen LogP contribution in [0.15, 0.2) is 30.6 Å². The fraction of sp³-hybridized carbons (Fsp3) is 0.440. The van der Waals surface area contributed by atoms with Gasteiger partial charge in [0.1, 0.15) is 29.6 Å². The van der Waals surface area contributed by atoms with Crippen LogP contribution in [0.1, 0.15) is 31.3 Å². The first-order chi connectivity index (χ1) is 19.2. The molecule has 15 nitrogen and oxygen atoms in total. The lowest BCUT2D eigenvalue weighted by atomic mass is 9.94. The number of ether oxygens (including phenoxy) is 2. The van der Waals surface area contributed by atoms with E-state index in [1.54, 1.807) is 4.90 Å². The zero-order valence-electron chi connectivity index (χ0n) is 21.2. The van der Waals surface area contributed by atoms with Crippen LogP contribution in [0.25, 0.3) is 11.2 Å². The third kappa shape index (κ3) is 5.51. The molecule has 2 unspecified atom stereocenters. The summed E-state index contributed by atoms with van der Waals surface area (Å²) in [7, 11) is 0. The molecule has 2 saturated heterocycles. The van der Waals surface area contributed by atoms with Crippen molar-refractivity contribution in [3.8, 4) is 17.6 Å². The number of hydrogen-bond donors (Lipinski definition) is 4. The summed E-state index contributed by atoms with van der Waals surface area (Å²) in [6, 6.07) is 5.32. The number of benzene rings is 1. The minimum atomic E-state index is -1.31. The van der Waals surface area contributed by atoms with Crippen molar-refractivity contribution in [1.29, 1.82) is 0 Å². The summed E-state index contributed by atoms with van der Waals surface area (Å²) in [6.45, 7) is 0.503. The van der Waals surface area contributed by atoms with Crippen LogP contribution in [-0.2, 0) is 4.74 Å². The molecule has 0 spiro atoms. The first-order valence-electron chi connectivity index (χ1n) is 12.6. The van der Waals surface area contributed by atoms with E-state index in [1.807, 2.05) is 0 Å². The van der Waals surface area contributed by atoms with Gasteiger partial charge >= 0.3 is 6.09 Å². The summed E-state index contributed by atoms with van der Waals surface area (Å²) >= 11 is 0. The largest absolute Gasteiger partial charge is 0.415 e. The highest BCUT2D eigenvalue weighted by molar-refractivity contribution is 5.82. The third-order valence-corrected chi connectivity index (χ3v) is 6.96. The Labute approximate surface area is 227 Å². The average molecular weight is 554 g/mol. The van der Waals surface area contributed by atoms with E-state index < -0.39 is 42.2 Å². The van der Waals surface area contributed by atoms with E-state index in [-0.39, 0.29) is 40.2 Å². The van der Waals surface area contributed by atoms with Crippen LogP contribution < -0.4 is 10.5 Å². The van der Waals surface area contributed by atoms with Crippen molar-refractivity contribution < 1.29 is 34.5 Å². The molecule has 15 heteroatoms. The van der Waals surface area contributed by atoms with Crippen LogP contribution in [0.3, 0.4) is 0 Å². The number of carbonyl (C=O) groups is 1. The lowest BCUT2D eigenvalue weighted by Gasteiger charge is -2.30. The highest BCUT2D eigenvalue weighted by Gasteiger charge is 2.44. The van der Waals surface area contributed by atoms with Crippen LogP contribution >= 0.6 is 0 Å². The van der Waals surface area contributed by atoms with E-state index in [2.05, 4.69) is 26.8 Å². The third-order valence-electron chi connectivity index (χ3n) is 6.96. The Hall–Kier alpha value is -4.36. The molecule has 210 valence electrons. The second-order valence-corrected chi connectivity index (χ2v) is 9.54. The first kappa shape index (κ1) is 27.2. The van der Waals surface area contributed by atoms with Gasteiger partial charge in [-0.3, -0.25) is 14.7 Å². The number of carbonyl (C=O) groups excluding carboxylic acids is 1. The number of aliphatic hydroxyl groups excluding tert-OH is 3. The number of aromatic nitrogens is 4. The van der Waals surface area contributed by atoms with E-state index in [9.17, 15) is 30.2 Å². The van der Waals surface area contributed by atoms with Crippen molar-refractivity contribution in [2.45, 2.75) is 43.8 Å². The first-order valence-corrected chi connectivity index (χ1v) is 12.6. The number of fused-ring (bicyclic) bond motifs is 1. The quantitative estimate of drug-likeness (QED) is 0.194. The van der Waals surface area contributed by atoms with Crippen molar-refractivity contribution in [2.75, 3.05) is 25.4 Å². The predicted molar refractivity (Wildman–Crippen MR) is 138 cm³/mol. The molecule has 5 N–H and O–H groups in total. The summed E-state index contributed by atoms with van der Waals surface area (Å²) in [5, 5.41) is 40.6. The SMILES string of the molecule is Nc1nc(C#CCC2CCN(C(=O)Oc3ccc([N+](=O)[O-])cc3)CC2)nc2c1ncn2[C@@H]1O[C@H](CO)C(O)C1O. The summed E-state index contributed by atoms with van der Waals surface area (Å²) < 4.78 is 12.3. The number of piperidine rings is 1. The van der Waals surface area contributed by atoms with E-state index in [1.165, 1.54) is 35.2 Å². The predicted octanol–water partition coefficient (Wildman–Crippen LogP) is 0.581. The number of nitro benzene ring substituents is 1. The number of amides is 1. The van der Waals surface area contributed by atoms with Gasteiger partial charge in [0.15, 0.2) is 17.7 Å². The number of nitro groups is 1. The van der Waals surface area contributed by atoms with Crippen molar-refractivity contribution in [3.63, 3.8) is 0 Å². The van der Waals surface area contributed by atoms with Gasteiger partial charge in [0, 0.05) is 31.6 Å². The molecule has 1 amide bonds. The van der Waals surface area contributed by atoms with Gasteiger partial charge in [0.2, 0.25) is 5.82 Å². The molecule has 0 radical (unpaired) electrons. The number of non-ortho nitro benzene ring substituents is 1. The summed E-state index contributed by atoms with van der Waals surface area (Å²) in [6.07, 6.45) is -1.74. The van der Waals surface area contributed by atoms with Gasteiger partial charge in [-0.2, -0.15) is 0 Å². The number of rotatable bonds is 5. The molecular weight excluding hydrogens is 526 g/mol. The van der Waals surface area contributed by atoms with Gasteiger partial charge in [0.05, 0.1) is 17.9 Å². The number of likely N-dealkylation sites (tertiary alicyclic amines) is 1. The van der Waals surface area contributed by atoms with E-state index >= 15 is 0 Å². The molecule has 3 aromatic rings. The van der Waals surface area contributed by atoms with Gasteiger partial charge in [0.25, 0.3) is 5.69 Å². The lowest BCUT2D eigenvalue weighted by molar-refractivity contribution is -0.384. The average Bonchev–Trinajstić information content (AvgIpc) is 3.50. The van der Waals surface area contributed by atoms with Gasteiger partial charge in [-0.25, -0.2) is 19.7 Å². The normalized spacial score (nSPS) is 23.1. The molecule has 0 saturated carbocycles. The number of hydrogen-bond acceptors (Lipinski definition) is 12. The van der Waals surface area contributed by atoms with Crippen LogP contribution in [0.5, 0.6) is 5.75 Å².